The zero-order valence-electron chi connectivity index (χ0n) is 12.2. The Hall–Kier alpha value is -1.40. The van der Waals surface area contributed by atoms with Gasteiger partial charge in [0.25, 0.3) is 0 Å². The van der Waals surface area contributed by atoms with Crippen LogP contribution in [0.1, 0.15) is 6.92 Å². The Labute approximate surface area is 140 Å². The van der Waals surface area contributed by atoms with Crippen LogP contribution in [0.25, 0.3) is 10.4 Å². The Morgan fingerprint density at radius 3 is 2.95 bits per heavy atom. The number of halogens is 1. The number of morpholine rings is 1. The molecular weight excluding hydrogens is 320 g/mol. The topological polar surface area (TPSA) is 50.4 Å². The van der Waals surface area contributed by atoms with Gasteiger partial charge in [-0.2, -0.15) is 0 Å². The normalized spacial score (nSPS) is 21.0. The van der Waals surface area contributed by atoms with Crippen LogP contribution in [0.15, 0.2) is 41.8 Å². The molecule has 3 rings (SSSR count). The fourth-order valence-electron chi connectivity index (χ4n) is 2.44. The van der Waals surface area contributed by atoms with Crippen LogP contribution < -0.4 is 10.6 Å². The van der Waals surface area contributed by atoms with Crippen molar-refractivity contribution < 1.29 is 9.53 Å². The number of hydrogen-bond acceptors (Lipinski definition) is 4. The Morgan fingerprint density at radius 1 is 1.36 bits per heavy atom. The maximum absolute atomic E-state index is 12.3. The van der Waals surface area contributed by atoms with E-state index >= 15 is 0 Å². The summed E-state index contributed by atoms with van der Waals surface area (Å²) >= 11 is 1.69. The monoisotopic (exact) mass is 338 g/mol. The fourth-order valence-corrected chi connectivity index (χ4v) is 3.16. The smallest absolute Gasteiger partial charge is 0.244 e. The predicted octanol–water partition coefficient (Wildman–Crippen LogP) is 3.15. The van der Waals surface area contributed by atoms with Crippen molar-refractivity contribution in [2.45, 2.75) is 19.1 Å². The summed E-state index contributed by atoms with van der Waals surface area (Å²) in [5.74, 6) is -0.0504. The number of thiophene rings is 1. The van der Waals surface area contributed by atoms with Crippen molar-refractivity contribution in [3.63, 3.8) is 0 Å². The average Bonchev–Trinajstić information content (AvgIpc) is 3.02. The van der Waals surface area contributed by atoms with Crippen molar-refractivity contribution in [3.8, 4) is 10.4 Å². The SMILES string of the molecule is C[C@H]1OCCN[C@@H]1C(=O)Nc1cccc(-c2cccs2)c1.Cl. The van der Waals surface area contributed by atoms with Gasteiger partial charge in [0.05, 0.1) is 12.7 Å². The van der Waals surface area contributed by atoms with Crippen molar-refractivity contribution in [2.75, 3.05) is 18.5 Å². The lowest BCUT2D eigenvalue weighted by molar-refractivity contribution is -0.123. The van der Waals surface area contributed by atoms with Crippen LogP contribution >= 0.6 is 23.7 Å². The number of anilines is 1. The Bertz CT molecular complexity index is 618. The molecule has 0 unspecified atom stereocenters. The standard InChI is InChI=1S/C16H18N2O2S.ClH/c1-11-15(17-7-8-20-11)16(19)18-13-5-2-4-12(10-13)14-6-3-9-21-14;/h2-6,9-11,15,17H,7-8H2,1H3,(H,18,19);1H/t11-,15+;/m1./s1. The molecule has 0 aliphatic carbocycles. The van der Waals surface area contributed by atoms with Crippen LogP contribution in [-0.2, 0) is 9.53 Å². The van der Waals surface area contributed by atoms with E-state index in [1.807, 2.05) is 42.6 Å². The molecule has 1 fully saturated rings. The van der Waals surface area contributed by atoms with E-state index in [1.54, 1.807) is 11.3 Å². The summed E-state index contributed by atoms with van der Waals surface area (Å²) in [6.45, 7) is 3.27. The van der Waals surface area contributed by atoms with E-state index in [1.165, 1.54) is 4.88 Å². The highest BCUT2D eigenvalue weighted by Gasteiger charge is 2.28. The van der Waals surface area contributed by atoms with Gasteiger partial charge in [-0.05, 0) is 36.1 Å². The summed E-state index contributed by atoms with van der Waals surface area (Å²) in [5.41, 5.74) is 1.93. The largest absolute Gasteiger partial charge is 0.375 e. The molecule has 4 nitrogen and oxygen atoms in total. The van der Waals surface area contributed by atoms with Gasteiger partial charge < -0.3 is 15.4 Å². The van der Waals surface area contributed by atoms with Gasteiger partial charge in [0.1, 0.15) is 6.04 Å². The van der Waals surface area contributed by atoms with Gasteiger partial charge >= 0.3 is 0 Å². The first kappa shape index (κ1) is 17.0. The number of benzene rings is 1. The minimum atomic E-state index is -0.302. The molecule has 1 amide bonds. The van der Waals surface area contributed by atoms with Crippen LogP contribution in [0.3, 0.4) is 0 Å². The molecule has 2 aromatic rings. The van der Waals surface area contributed by atoms with E-state index in [2.05, 4.69) is 16.7 Å². The zero-order chi connectivity index (χ0) is 14.7. The number of carbonyl (C=O) groups is 1. The summed E-state index contributed by atoms with van der Waals surface area (Å²) in [6.07, 6.45) is -0.112. The van der Waals surface area contributed by atoms with E-state index in [9.17, 15) is 4.79 Å². The van der Waals surface area contributed by atoms with Gasteiger partial charge in [-0.15, -0.1) is 23.7 Å². The molecule has 2 atom stereocenters. The van der Waals surface area contributed by atoms with Gasteiger partial charge in [-0.25, -0.2) is 0 Å². The van der Waals surface area contributed by atoms with Gasteiger partial charge in [0.2, 0.25) is 5.91 Å². The highest BCUT2D eigenvalue weighted by molar-refractivity contribution is 7.13. The molecule has 1 aliphatic heterocycles. The summed E-state index contributed by atoms with van der Waals surface area (Å²) in [6, 6.07) is 11.7. The number of nitrogens with one attached hydrogen (secondary N) is 2. The van der Waals surface area contributed by atoms with E-state index < -0.39 is 0 Å². The maximum atomic E-state index is 12.3. The molecule has 0 bridgehead atoms. The van der Waals surface area contributed by atoms with Crippen molar-refractivity contribution in [2.24, 2.45) is 0 Å². The van der Waals surface area contributed by atoms with Crippen molar-refractivity contribution in [3.05, 3.63) is 41.8 Å². The van der Waals surface area contributed by atoms with Crippen molar-refractivity contribution in [1.29, 1.82) is 0 Å². The Balaban J connectivity index is 0.00000176. The number of rotatable bonds is 3. The molecule has 2 N–H and O–H groups in total. The van der Waals surface area contributed by atoms with Crippen LogP contribution in [0.2, 0.25) is 0 Å². The third kappa shape index (κ3) is 3.87. The Morgan fingerprint density at radius 2 is 2.23 bits per heavy atom. The number of ether oxygens (including phenoxy) is 1. The molecule has 0 radical (unpaired) electrons. The second-order valence-corrected chi connectivity index (χ2v) is 6.00. The molecular formula is C16H19ClN2O2S. The van der Waals surface area contributed by atoms with E-state index in [-0.39, 0.29) is 30.5 Å². The summed E-state index contributed by atoms with van der Waals surface area (Å²) < 4.78 is 5.51. The number of hydrogen-bond donors (Lipinski definition) is 2. The summed E-state index contributed by atoms with van der Waals surface area (Å²) in [4.78, 5) is 13.5. The molecule has 1 aliphatic rings. The molecule has 1 saturated heterocycles. The van der Waals surface area contributed by atoms with E-state index in [0.717, 1.165) is 11.3 Å². The maximum Gasteiger partial charge on any atom is 0.244 e. The first-order valence-electron chi connectivity index (χ1n) is 7.04. The van der Waals surface area contributed by atoms with Crippen molar-refractivity contribution in [1.82, 2.24) is 5.32 Å². The lowest BCUT2D eigenvalue weighted by atomic mass is 10.1. The third-order valence-electron chi connectivity index (χ3n) is 3.53. The van der Waals surface area contributed by atoms with Crippen LogP contribution in [0, 0.1) is 0 Å². The molecule has 1 aromatic carbocycles. The van der Waals surface area contributed by atoms with E-state index in [0.29, 0.717) is 13.2 Å². The molecule has 22 heavy (non-hydrogen) atoms. The van der Waals surface area contributed by atoms with Gasteiger partial charge in [-0.3, -0.25) is 4.79 Å². The molecule has 2 heterocycles. The Kier molecular flexibility index (Phi) is 5.97. The molecule has 0 saturated carbocycles. The molecule has 1 aromatic heterocycles. The van der Waals surface area contributed by atoms with Gasteiger partial charge in [0, 0.05) is 17.1 Å². The lowest BCUT2D eigenvalue weighted by Gasteiger charge is -2.29. The highest BCUT2D eigenvalue weighted by atomic mass is 35.5. The van der Waals surface area contributed by atoms with Gasteiger partial charge in [0.15, 0.2) is 0 Å². The first-order valence-corrected chi connectivity index (χ1v) is 7.92. The van der Waals surface area contributed by atoms with E-state index in [4.69, 9.17) is 4.74 Å². The number of carbonyl (C=O) groups excluding carboxylic acids is 1. The summed E-state index contributed by atoms with van der Waals surface area (Å²) in [5, 5.41) is 8.21. The predicted molar refractivity (Wildman–Crippen MR) is 92.8 cm³/mol. The second-order valence-electron chi connectivity index (χ2n) is 5.06. The van der Waals surface area contributed by atoms with Crippen LogP contribution in [-0.4, -0.2) is 31.2 Å². The first-order chi connectivity index (χ1) is 10.2. The lowest BCUT2D eigenvalue weighted by Crippen LogP contribution is -2.53. The minimum absolute atomic E-state index is 0. The third-order valence-corrected chi connectivity index (χ3v) is 4.45. The molecule has 118 valence electrons. The second kappa shape index (κ2) is 7.74. The highest BCUT2D eigenvalue weighted by Crippen LogP contribution is 2.26. The quantitative estimate of drug-likeness (QED) is 0.904. The zero-order valence-corrected chi connectivity index (χ0v) is 13.9. The molecule has 0 spiro atoms. The average molecular weight is 339 g/mol. The molecule has 6 heteroatoms. The van der Waals surface area contributed by atoms with Gasteiger partial charge in [-0.1, -0.05) is 18.2 Å². The number of amides is 1. The van der Waals surface area contributed by atoms with Crippen LogP contribution in [0.4, 0.5) is 5.69 Å². The fraction of sp³-hybridized carbons (Fsp3) is 0.312. The van der Waals surface area contributed by atoms with Crippen LogP contribution in [0.5, 0.6) is 0 Å². The van der Waals surface area contributed by atoms with Crippen molar-refractivity contribution >= 4 is 35.3 Å². The summed E-state index contributed by atoms with van der Waals surface area (Å²) in [7, 11) is 0. The minimum Gasteiger partial charge on any atom is -0.375 e.